The van der Waals surface area contributed by atoms with Gasteiger partial charge >= 0.3 is 0 Å². The minimum Gasteiger partial charge on any atom is -0.338 e. The number of nitrogens with two attached hydrogens (primary N) is 1. The summed E-state index contributed by atoms with van der Waals surface area (Å²) in [4.78, 5) is 14.6. The third kappa shape index (κ3) is 3.12. The van der Waals surface area contributed by atoms with Gasteiger partial charge in [0.1, 0.15) is 0 Å². The summed E-state index contributed by atoms with van der Waals surface area (Å²) in [7, 11) is 0. The molecule has 0 bridgehead atoms. The molecule has 2 aromatic rings. The molecule has 3 rings (SSSR count). The van der Waals surface area contributed by atoms with Gasteiger partial charge in [-0.2, -0.15) is 5.10 Å². The maximum absolute atomic E-state index is 12.8. The van der Waals surface area contributed by atoms with Gasteiger partial charge in [0.25, 0.3) is 5.91 Å². The van der Waals surface area contributed by atoms with Crippen molar-refractivity contribution in [3.8, 4) is 5.69 Å². The molecule has 23 heavy (non-hydrogen) atoms. The number of carbonyl (C=O) groups excluding carboxylic acids is 1. The van der Waals surface area contributed by atoms with Gasteiger partial charge in [0.05, 0.1) is 28.2 Å². The Morgan fingerprint density at radius 2 is 1.96 bits per heavy atom. The number of para-hydroxylation sites is 1. The molecule has 1 aromatic carbocycles. The maximum Gasteiger partial charge on any atom is 0.257 e. The topological polar surface area (TPSA) is 64.2 Å². The summed E-state index contributed by atoms with van der Waals surface area (Å²) in [6, 6.07) is 7.47. The second-order valence-corrected chi connectivity index (χ2v) is 6.86. The molecule has 5 nitrogen and oxygen atoms in total. The lowest BCUT2D eigenvalue weighted by atomic mass is 9.91. The fourth-order valence-corrected chi connectivity index (χ4v) is 3.09. The lowest BCUT2D eigenvalue weighted by Crippen LogP contribution is -2.49. The van der Waals surface area contributed by atoms with Crippen molar-refractivity contribution in [3.05, 3.63) is 46.7 Å². The van der Waals surface area contributed by atoms with Crippen molar-refractivity contribution >= 4 is 17.5 Å². The number of hydrogen-bond acceptors (Lipinski definition) is 3. The molecule has 0 atom stereocenters. The fourth-order valence-electron chi connectivity index (χ4n) is 2.88. The van der Waals surface area contributed by atoms with Crippen LogP contribution in [0.25, 0.3) is 5.69 Å². The summed E-state index contributed by atoms with van der Waals surface area (Å²) in [5.74, 6) is 0.0105. The zero-order valence-corrected chi connectivity index (χ0v) is 14.2. The maximum atomic E-state index is 12.8. The zero-order valence-electron chi connectivity index (χ0n) is 13.4. The highest BCUT2D eigenvalue weighted by Crippen LogP contribution is 2.24. The van der Waals surface area contributed by atoms with Crippen molar-refractivity contribution in [3.63, 3.8) is 0 Å². The van der Waals surface area contributed by atoms with Gasteiger partial charge < -0.3 is 10.6 Å². The number of hydrogen-bond donors (Lipinski definition) is 1. The van der Waals surface area contributed by atoms with Crippen LogP contribution in [-0.2, 0) is 0 Å². The highest BCUT2D eigenvalue weighted by molar-refractivity contribution is 6.32. The molecular formula is C17H21ClN4O. The predicted octanol–water partition coefficient (Wildman–Crippen LogP) is 2.79. The van der Waals surface area contributed by atoms with Crippen molar-refractivity contribution in [1.82, 2.24) is 14.7 Å². The molecule has 1 fully saturated rings. The predicted molar refractivity (Wildman–Crippen MR) is 91.0 cm³/mol. The molecule has 0 aliphatic carbocycles. The van der Waals surface area contributed by atoms with Gasteiger partial charge in [0, 0.05) is 18.6 Å². The normalized spacial score (nSPS) is 17.3. The minimum absolute atomic E-state index is 0.0105. The highest BCUT2D eigenvalue weighted by Gasteiger charge is 2.30. The van der Waals surface area contributed by atoms with Gasteiger partial charge in [-0.05, 0) is 38.8 Å². The van der Waals surface area contributed by atoms with Crippen LogP contribution in [0.4, 0.5) is 0 Å². The Morgan fingerprint density at radius 3 is 2.61 bits per heavy atom. The molecule has 1 aliphatic rings. The van der Waals surface area contributed by atoms with Gasteiger partial charge in [-0.15, -0.1) is 0 Å². The van der Waals surface area contributed by atoms with Gasteiger partial charge in [0.2, 0.25) is 0 Å². The molecule has 1 aliphatic heterocycles. The monoisotopic (exact) mass is 332 g/mol. The summed E-state index contributed by atoms with van der Waals surface area (Å²) in [5, 5.41) is 4.96. The van der Waals surface area contributed by atoms with Crippen molar-refractivity contribution in [2.24, 2.45) is 5.73 Å². The van der Waals surface area contributed by atoms with Crippen LogP contribution in [0.2, 0.25) is 5.02 Å². The van der Waals surface area contributed by atoms with Crippen molar-refractivity contribution in [2.75, 3.05) is 13.1 Å². The van der Waals surface area contributed by atoms with Crippen LogP contribution in [0.5, 0.6) is 0 Å². The highest BCUT2D eigenvalue weighted by atomic mass is 35.5. The molecule has 1 aromatic heterocycles. The van der Waals surface area contributed by atoms with Crippen LogP contribution in [0, 0.1) is 6.92 Å². The number of rotatable bonds is 2. The van der Waals surface area contributed by atoms with E-state index < -0.39 is 0 Å². The molecule has 1 amide bonds. The third-order valence-electron chi connectivity index (χ3n) is 4.51. The number of likely N-dealkylation sites (tertiary alicyclic amines) is 1. The van der Waals surface area contributed by atoms with Crippen LogP contribution in [0.15, 0.2) is 30.5 Å². The van der Waals surface area contributed by atoms with Crippen molar-refractivity contribution < 1.29 is 4.79 Å². The summed E-state index contributed by atoms with van der Waals surface area (Å²) in [5.41, 5.74) is 8.15. The van der Waals surface area contributed by atoms with E-state index in [0.717, 1.165) is 24.2 Å². The van der Waals surface area contributed by atoms with Gasteiger partial charge in [-0.3, -0.25) is 4.79 Å². The summed E-state index contributed by atoms with van der Waals surface area (Å²) < 4.78 is 1.71. The summed E-state index contributed by atoms with van der Waals surface area (Å²) in [6.45, 7) is 5.29. The first-order valence-electron chi connectivity index (χ1n) is 7.77. The van der Waals surface area contributed by atoms with Crippen LogP contribution < -0.4 is 5.73 Å². The number of amides is 1. The van der Waals surface area contributed by atoms with E-state index in [9.17, 15) is 4.79 Å². The van der Waals surface area contributed by atoms with Crippen molar-refractivity contribution in [2.45, 2.75) is 32.2 Å². The first-order valence-corrected chi connectivity index (χ1v) is 8.14. The Hall–Kier alpha value is -1.85. The van der Waals surface area contributed by atoms with Crippen LogP contribution in [0.1, 0.15) is 35.8 Å². The second kappa shape index (κ2) is 5.98. The van der Waals surface area contributed by atoms with E-state index in [1.165, 1.54) is 0 Å². The molecule has 1 saturated heterocycles. The molecule has 0 saturated carbocycles. The Balaban J connectivity index is 1.85. The minimum atomic E-state index is -0.173. The van der Waals surface area contributed by atoms with Gasteiger partial charge in [-0.1, -0.05) is 23.7 Å². The second-order valence-electron chi connectivity index (χ2n) is 6.45. The number of benzene rings is 1. The van der Waals surface area contributed by atoms with Gasteiger partial charge in [0.15, 0.2) is 0 Å². The van der Waals surface area contributed by atoms with Crippen molar-refractivity contribution in [1.29, 1.82) is 0 Å². The molecule has 2 heterocycles. The fraction of sp³-hybridized carbons (Fsp3) is 0.412. The number of halogens is 1. The van der Waals surface area contributed by atoms with Crippen LogP contribution in [-0.4, -0.2) is 39.2 Å². The van der Waals surface area contributed by atoms with E-state index in [-0.39, 0.29) is 11.4 Å². The first kappa shape index (κ1) is 16.0. The number of carbonyl (C=O) groups is 1. The smallest absolute Gasteiger partial charge is 0.257 e. The van der Waals surface area contributed by atoms with E-state index in [1.807, 2.05) is 43.0 Å². The number of nitrogens with zero attached hydrogens (tertiary/aromatic N) is 3. The Kier molecular flexibility index (Phi) is 4.17. The van der Waals surface area contributed by atoms with E-state index >= 15 is 0 Å². The molecule has 0 radical (unpaired) electrons. The molecule has 2 N–H and O–H groups in total. The number of piperidine rings is 1. The molecule has 122 valence electrons. The average Bonchev–Trinajstić information content (AvgIpc) is 2.89. The SMILES string of the molecule is Cc1c(C(=O)N2CCC(C)(N)CC2)cnn1-c1ccccc1Cl. The number of aromatic nitrogens is 2. The average molecular weight is 333 g/mol. The molecular weight excluding hydrogens is 312 g/mol. The Morgan fingerprint density at radius 1 is 1.30 bits per heavy atom. The van der Waals surface area contributed by atoms with E-state index in [1.54, 1.807) is 10.9 Å². The van der Waals surface area contributed by atoms with Crippen LogP contribution in [0.3, 0.4) is 0 Å². The third-order valence-corrected chi connectivity index (χ3v) is 4.83. The molecule has 6 heteroatoms. The zero-order chi connectivity index (χ0) is 16.6. The first-order chi connectivity index (χ1) is 10.9. The Bertz CT molecular complexity index is 728. The summed E-state index contributed by atoms with van der Waals surface area (Å²) in [6.07, 6.45) is 3.25. The lowest BCUT2D eigenvalue weighted by molar-refractivity contribution is 0.0680. The largest absolute Gasteiger partial charge is 0.338 e. The Labute approximate surface area is 141 Å². The molecule has 0 unspecified atom stereocenters. The lowest BCUT2D eigenvalue weighted by Gasteiger charge is -2.36. The summed E-state index contributed by atoms with van der Waals surface area (Å²) >= 11 is 6.23. The van der Waals surface area contributed by atoms with E-state index in [2.05, 4.69) is 5.10 Å². The van der Waals surface area contributed by atoms with E-state index in [4.69, 9.17) is 17.3 Å². The van der Waals surface area contributed by atoms with Gasteiger partial charge in [-0.25, -0.2) is 4.68 Å². The van der Waals surface area contributed by atoms with E-state index in [0.29, 0.717) is 23.7 Å². The quantitative estimate of drug-likeness (QED) is 0.919. The standard InChI is InChI=1S/C17H21ClN4O/c1-12-13(16(23)21-9-7-17(2,19)8-10-21)11-20-22(12)15-6-4-3-5-14(15)18/h3-6,11H,7-10,19H2,1-2H3. The van der Waals surface area contributed by atoms with Crippen LogP contribution >= 0.6 is 11.6 Å². The molecule has 0 spiro atoms.